The first-order valence-corrected chi connectivity index (χ1v) is 7.46. The van der Waals surface area contributed by atoms with Crippen molar-refractivity contribution in [2.24, 2.45) is 5.92 Å². The fourth-order valence-electron chi connectivity index (χ4n) is 3.38. The van der Waals surface area contributed by atoms with E-state index < -0.39 is 0 Å². The maximum absolute atomic E-state index is 12.3. The van der Waals surface area contributed by atoms with E-state index in [0.29, 0.717) is 12.0 Å². The first-order valence-electron chi connectivity index (χ1n) is 7.46. The van der Waals surface area contributed by atoms with Gasteiger partial charge in [-0.2, -0.15) is 0 Å². The van der Waals surface area contributed by atoms with E-state index >= 15 is 0 Å². The average molecular weight is 275 g/mol. The Balaban J connectivity index is 1.62. The van der Waals surface area contributed by atoms with E-state index in [0.717, 1.165) is 32.5 Å². The molecular weight excluding hydrogens is 254 g/mol. The minimum absolute atomic E-state index is 0.135. The number of pyridine rings is 1. The monoisotopic (exact) mass is 275 g/mol. The number of piperidine rings is 1. The molecule has 0 aliphatic carbocycles. The summed E-state index contributed by atoms with van der Waals surface area (Å²) in [6.07, 6.45) is 6.15. The van der Waals surface area contributed by atoms with Crippen LogP contribution in [0, 0.1) is 5.92 Å². The van der Waals surface area contributed by atoms with Crippen molar-refractivity contribution in [3.05, 3.63) is 34.2 Å². The van der Waals surface area contributed by atoms with Crippen LogP contribution in [0.3, 0.4) is 0 Å². The van der Waals surface area contributed by atoms with Crippen LogP contribution in [0.15, 0.2) is 23.1 Å². The standard InChI is InChI=1S/C15H21N3O2/c19-14-12(3-1-8-17-14)15(20)18-9-5-11(6-10-18)13-4-2-7-16-13/h1,3,8,11,13,16H,2,4-7,9-10H2,(H,17,19). The lowest BCUT2D eigenvalue weighted by molar-refractivity contribution is 0.0672. The van der Waals surface area contributed by atoms with Crippen molar-refractivity contribution in [2.45, 2.75) is 31.7 Å². The topological polar surface area (TPSA) is 65.2 Å². The van der Waals surface area contributed by atoms with Crippen molar-refractivity contribution in [1.82, 2.24) is 15.2 Å². The van der Waals surface area contributed by atoms with Crippen LogP contribution in [0.2, 0.25) is 0 Å². The second-order valence-corrected chi connectivity index (χ2v) is 5.75. The average Bonchev–Trinajstić information content (AvgIpc) is 3.01. The zero-order valence-corrected chi connectivity index (χ0v) is 11.6. The van der Waals surface area contributed by atoms with E-state index in [9.17, 15) is 9.59 Å². The molecule has 2 aliphatic heterocycles. The molecule has 0 saturated carbocycles. The largest absolute Gasteiger partial charge is 0.338 e. The van der Waals surface area contributed by atoms with Gasteiger partial charge in [-0.1, -0.05) is 0 Å². The molecule has 0 spiro atoms. The Morgan fingerprint density at radius 1 is 1.25 bits per heavy atom. The second kappa shape index (κ2) is 5.79. The van der Waals surface area contributed by atoms with Gasteiger partial charge >= 0.3 is 0 Å². The van der Waals surface area contributed by atoms with Crippen molar-refractivity contribution < 1.29 is 4.79 Å². The molecule has 2 N–H and O–H groups in total. The van der Waals surface area contributed by atoms with E-state index in [1.54, 1.807) is 18.3 Å². The molecule has 1 amide bonds. The molecule has 1 atom stereocenters. The van der Waals surface area contributed by atoms with Gasteiger partial charge in [0, 0.05) is 25.3 Å². The maximum Gasteiger partial charge on any atom is 0.260 e. The summed E-state index contributed by atoms with van der Waals surface area (Å²) in [5.41, 5.74) is -0.0398. The van der Waals surface area contributed by atoms with Gasteiger partial charge in [0.2, 0.25) is 0 Å². The van der Waals surface area contributed by atoms with Crippen molar-refractivity contribution in [1.29, 1.82) is 0 Å². The van der Waals surface area contributed by atoms with E-state index in [1.165, 1.54) is 12.8 Å². The zero-order chi connectivity index (χ0) is 13.9. The zero-order valence-electron chi connectivity index (χ0n) is 11.6. The Hall–Kier alpha value is -1.62. The lowest BCUT2D eigenvalue weighted by atomic mass is 9.88. The highest BCUT2D eigenvalue weighted by molar-refractivity contribution is 5.93. The van der Waals surface area contributed by atoms with E-state index in [-0.39, 0.29) is 17.0 Å². The summed E-state index contributed by atoms with van der Waals surface area (Å²) in [5, 5.41) is 3.55. The van der Waals surface area contributed by atoms with E-state index in [2.05, 4.69) is 10.3 Å². The minimum Gasteiger partial charge on any atom is -0.338 e. The molecular formula is C15H21N3O2. The minimum atomic E-state index is -0.294. The SMILES string of the molecule is O=C(c1ccc[nH]c1=O)N1CCC(C2CCCN2)CC1. The molecule has 0 bridgehead atoms. The van der Waals surface area contributed by atoms with Crippen LogP contribution in [0.25, 0.3) is 0 Å². The van der Waals surface area contributed by atoms with Crippen molar-refractivity contribution in [3.63, 3.8) is 0 Å². The molecule has 20 heavy (non-hydrogen) atoms. The van der Waals surface area contributed by atoms with Gasteiger partial charge in [-0.25, -0.2) is 0 Å². The number of rotatable bonds is 2. The Morgan fingerprint density at radius 2 is 2.05 bits per heavy atom. The molecule has 108 valence electrons. The van der Waals surface area contributed by atoms with Gasteiger partial charge in [-0.15, -0.1) is 0 Å². The number of carbonyl (C=O) groups excluding carboxylic acids is 1. The molecule has 2 saturated heterocycles. The summed E-state index contributed by atoms with van der Waals surface area (Å²) in [6.45, 7) is 2.65. The number of hydrogen-bond donors (Lipinski definition) is 2. The van der Waals surface area contributed by atoms with Crippen LogP contribution in [0.4, 0.5) is 0 Å². The molecule has 1 aromatic rings. The maximum atomic E-state index is 12.3. The number of likely N-dealkylation sites (tertiary alicyclic amines) is 1. The van der Waals surface area contributed by atoms with Crippen molar-refractivity contribution >= 4 is 5.91 Å². The molecule has 2 fully saturated rings. The van der Waals surface area contributed by atoms with Gasteiger partial charge in [0.25, 0.3) is 11.5 Å². The number of carbonyl (C=O) groups is 1. The Kier molecular flexibility index (Phi) is 3.87. The van der Waals surface area contributed by atoms with Gasteiger partial charge in [0.1, 0.15) is 5.56 Å². The van der Waals surface area contributed by atoms with Gasteiger partial charge in [-0.3, -0.25) is 9.59 Å². The molecule has 0 aromatic carbocycles. The van der Waals surface area contributed by atoms with Gasteiger partial charge in [-0.05, 0) is 50.3 Å². The Labute approximate surface area is 118 Å². The lowest BCUT2D eigenvalue weighted by Gasteiger charge is -2.34. The van der Waals surface area contributed by atoms with Crippen LogP contribution in [-0.2, 0) is 0 Å². The quantitative estimate of drug-likeness (QED) is 0.845. The fraction of sp³-hybridized carbons (Fsp3) is 0.600. The summed E-state index contributed by atoms with van der Waals surface area (Å²) >= 11 is 0. The number of nitrogens with one attached hydrogen (secondary N) is 2. The lowest BCUT2D eigenvalue weighted by Crippen LogP contribution is -2.44. The highest BCUT2D eigenvalue weighted by Crippen LogP contribution is 2.26. The molecule has 5 nitrogen and oxygen atoms in total. The Morgan fingerprint density at radius 3 is 2.70 bits per heavy atom. The number of aromatic amines is 1. The molecule has 0 radical (unpaired) electrons. The molecule has 5 heteroatoms. The molecule has 3 rings (SSSR count). The van der Waals surface area contributed by atoms with Crippen LogP contribution >= 0.6 is 0 Å². The van der Waals surface area contributed by atoms with E-state index in [4.69, 9.17) is 0 Å². The van der Waals surface area contributed by atoms with Crippen LogP contribution < -0.4 is 10.9 Å². The van der Waals surface area contributed by atoms with Crippen molar-refractivity contribution in [2.75, 3.05) is 19.6 Å². The number of nitrogens with zero attached hydrogens (tertiary/aromatic N) is 1. The predicted molar refractivity (Wildman–Crippen MR) is 76.7 cm³/mol. The first-order chi connectivity index (χ1) is 9.75. The third-order valence-corrected chi connectivity index (χ3v) is 4.54. The molecule has 1 aromatic heterocycles. The fourth-order valence-corrected chi connectivity index (χ4v) is 3.38. The third kappa shape index (κ3) is 2.63. The highest BCUT2D eigenvalue weighted by atomic mass is 16.2. The smallest absolute Gasteiger partial charge is 0.260 e. The number of hydrogen-bond acceptors (Lipinski definition) is 3. The normalized spacial score (nSPS) is 24.0. The third-order valence-electron chi connectivity index (χ3n) is 4.54. The summed E-state index contributed by atoms with van der Waals surface area (Å²) < 4.78 is 0. The molecule has 1 unspecified atom stereocenters. The highest BCUT2D eigenvalue weighted by Gasteiger charge is 2.30. The number of H-pyrrole nitrogens is 1. The summed E-state index contributed by atoms with van der Waals surface area (Å²) in [4.78, 5) is 28.4. The second-order valence-electron chi connectivity index (χ2n) is 5.75. The summed E-state index contributed by atoms with van der Waals surface area (Å²) in [5.74, 6) is 0.542. The van der Waals surface area contributed by atoms with Gasteiger partial charge in [0.15, 0.2) is 0 Å². The van der Waals surface area contributed by atoms with Gasteiger partial charge in [0.05, 0.1) is 0 Å². The summed E-state index contributed by atoms with van der Waals surface area (Å²) in [6, 6.07) is 3.93. The Bertz CT molecular complexity index is 526. The first kappa shape index (κ1) is 13.4. The predicted octanol–water partition coefficient (Wildman–Crippen LogP) is 0.979. The number of aromatic nitrogens is 1. The van der Waals surface area contributed by atoms with Crippen LogP contribution in [0.5, 0.6) is 0 Å². The molecule has 3 heterocycles. The van der Waals surface area contributed by atoms with Gasteiger partial charge < -0.3 is 15.2 Å². The van der Waals surface area contributed by atoms with Crippen LogP contribution in [0.1, 0.15) is 36.0 Å². The van der Waals surface area contributed by atoms with Crippen molar-refractivity contribution in [3.8, 4) is 0 Å². The summed E-state index contributed by atoms with van der Waals surface area (Å²) in [7, 11) is 0. The molecule has 2 aliphatic rings. The number of amides is 1. The van der Waals surface area contributed by atoms with E-state index in [1.807, 2.05) is 4.90 Å². The van der Waals surface area contributed by atoms with Crippen LogP contribution in [-0.4, -0.2) is 41.5 Å².